The molecule has 1 atom stereocenters. The van der Waals surface area contributed by atoms with Crippen LogP contribution in [-0.4, -0.2) is 24.2 Å². The van der Waals surface area contributed by atoms with Crippen LogP contribution in [0.3, 0.4) is 0 Å². The van der Waals surface area contributed by atoms with Gasteiger partial charge in [0.1, 0.15) is 11.9 Å². The summed E-state index contributed by atoms with van der Waals surface area (Å²) in [5, 5.41) is 14.9. The molecular formula is C14H14ClNO3S. The Bertz CT molecular complexity index is 542. The summed E-state index contributed by atoms with van der Waals surface area (Å²) in [7, 11) is 0. The average molecular weight is 312 g/mol. The van der Waals surface area contributed by atoms with Gasteiger partial charge in [0.05, 0.1) is 0 Å². The third-order valence-corrected chi connectivity index (χ3v) is 3.77. The number of benzene rings is 1. The predicted octanol–water partition coefficient (Wildman–Crippen LogP) is 2.63. The maximum absolute atomic E-state index is 11.6. The molecular weight excluding hydrogens is 298 g/mol. The molecule has 106 valence electrons. The number of thiophene rings is 1. The molecule has 4 nitrogen and oxygen atoms in total. The van der Waals surface area contributed by atoms with Gasteiger partial charge in [-0.3, -0.25) is 4.79 Å². The van der Waals surface area contributed by atoms with E-state index in [4.69, 9.17) is 16.3 Å². The average Bonchev–Trinajstić information content (AvgIpc) is 2.98. The summed E-state index contributed by atoms with van der Waals surface area (Å²) in [4.78, 5) is 12.4. The Kier molecular flexibility index (Phi) is 5.40. The van der Waals surface area contributed by atoms with E-state index in [0.29, 0.717) is 10.8 Å². The molecule has 0 bridgehead atoms. The Hall–Kier alpha value is -1.56. The fraction of sp³-hybridized carbons (Fsp3) is 0.214. The van der Waals surface area contributed by atoms with Gasteiger partial charge in [-0.15, -0.1) is 11.3 Å². The number of ether oxygens (including phenoxy) is 1. The maximum Gasteiger partial charge on any atom is 0.258 e. The van der Waals surface area contributed by atoms with Gasteiger partial charge >= 0.3 is 0 Å². The zero-order valence-electron chi connectivity index (χ0n) is 10.6. The van der Waals surface area contributed by atoms with Gasteiger partial charge in [-0.25, -0.2) is 0 Å². The van der Waals surface area contributed by atoms with Crippen molar-refractivity contribution in [2.45, 2.75) is 6.10 Å². The van der Waals surface area contributed by atoms with E-state index in [-0.39, 0.29) is 19.1 Å². The van der Waals surface area contributed by atoms with Gasteiger partial charge in [0.15, 0.2) is 6.61 Å². The number of rotatable bonds is 6. The molecule has 0 fully saturated rings. The second-order valence-electron chi connectivity index (χ2n) is 4.08. The maximum atomic E-state index is 11.6. The molecule has 6 heteroatoms. The molecule has 0 aliphatic heterocycles. The minimum Gasteiger partial charge on any atom is -0.484 e. The quantitative estimate of drug-likeness (QED) is 0.862. The van der Waals surface area contributed by atoms with Crippen molar-refractivity contribution in [2.24, 2.45) is 0 Å². The van der Waals surface area contributed by atoms with Crippen LogP contribution in [0, 0.1) is 0 Å². The summed E-state index contributed by atoms with van der Waals surface area (Å²) < 4.78 is 5.30. The summed E-state index contributed by atoms with van der Waals surface area (Å²) in [6, 6.07) is 10.4. The first-order valence-corrected chi connectivity index (χ1v) is 7.27. The molecule has 0 aliphatic rings. The van der Waals surface area contributed by atoms with E-state index in [2.05, 4.69) is 5.32 Å². The number of hydrogen-bond donors (Lipinski definition) is 2. The highest BCUT2D eigenvalue weighted by Crippen LogP contribution is 2.18. The van der Waals surface area contributed by atoms with Crippen molar-refractivity contribution in [3.05, 3.63) is 51.7 Å². The van der Waals surface area contributed by atoms with Gasteiger partial charge in [-0.1, -0.05) is 17.7 Å². The van der Waals surface area contributed by atoms with Gasteiger partial charge < -0.3 is 15.2 Å². The van der Waals surface area contributed by atoms with Crippen molar-refractivity contribution < 1.29 is 14.6 Å². The Morgan fingerprint density at radius 3 is 2.75 bits per heavy atom. The first kappa shape index (κ1) is 14.8. The first-order chi connectivity index (χ1) is 9.65. The lowest BCUT2D eigenvalue weighted by atomic mass is 10.3. The van der Waals surface area contributed by atoms with E-state index in [1.54, 1.807) is 24.3 Å². The highest BCUT2D eigenvalue weighted by molar-refractivity contribution is 7.10. The topological polar surface area (TPSA) is 58.6 Å². The zero-order chi connectivity index (χ0) is 14.4. The zero-order valence-corrected chi connectivity index (χ0v) is 12.2. The molecule has 0 saturated heterocycles. The molecule has 2 rings (SSSR count). The largest absolute Gasteiger partial charge is 0.484 e. The molecule has 2 N–H and O–H groups in total. The van der Waals surface area contributed by atoms with Crippen molar-refractivity contribution in [3.8, 4) is 5.75 Å². The minimum absolute atomic E-state index is 0.0984. The lowest BCUT2D eigenvalue weighted by Crippen LogP contribution is -2.32. The second kappa shape index (κ2) is 7.28. The van der Waals surface area contributed by atoms with E-state index in [9.17, 15) is 9.90 Å². The van der Waals surface area contributed by atoms with Crippen LogP contribution in [0.25, 0.3) is 0 Å². The minimum atomic E-state index is -0.686. The highest BCUT2D eigenvalue weighted by atomic mass is 35.5. The summed E-state index contributed by atoms with van der Waals surface area (Å²) in [6.45, 7) is 0.0715. The normalized spacial score (nSPS) is 11.9. The van der Waals surface area contributed by atoms with Crippen LogP contribution in [0.2, 0.25) is 5.02 Å². The SMILES string of the molecule is O=C(COc1ccc(Cl)cc1)NC[C@H](O)c1cccs1. The number of hydrogen-bond acceptors (Lipinski definition) is 4. The summed E-state index contributed by atoms with van der Waals surface area (Å²) in [5.41, 5.74) is 0. The number of nitrogens with one attached hydrogen (secondary N) is 1. The van der Waals surface area contributed by atoms with Crippen LogP contribution in [0.5, 0.6) is 5.75 Å². The van der Waals surface area contributed by atoms with E-state index in [1.165, 1.54) is 11.3 Å². The standard InChI is InChI=1S/C14H14ClNO3S/c15-10-3-5-11(6-4-10)19-9-14(18)16-8-12(17)13-2-1-7-20-13/h1-7,12,17H,8-9H2,(H,16,18)/t12-/m0/s1. The fourth-order valence-corrected chi connectivity index (χ4v) is 2.36. The smallest absolute Gasteiger partial charge is 0.258 e. The number of aliphatic hydroxyl groups excluding tert-OH is 1. The van der Waals surface area contributed by atoms with Gasteiger partial charge in [-0.2, -0.15) is 0 Å². The Morgan fingerprint density at radius 1 is 1.35 bits per heavy atom. The third-order valence-electron chi connectivity index (χ3n) is 2.55. The summed E-state index contributed by atoms with van der Waals surface area (Å²) in [6.07, 6.45) is -0.686. The lowest BCUT2D eigenvalue weighted by molar-refractivity contribution is -0.123. The molecule has 0 aliphatic carbocycles. The predicted molar refractivity (Wildman–Crippen MR) is 79.2 cm³/mol. The molecule has 1 amide bonds. The molecule has 1 heterocycles. The highest BCUT2D eigenvalue weighted by Gasteiger charge is 2.10. The van der Waals surface area contributed by atoms with E-state index >= 15 is 0 Å². The molecule has 0 spiro atoms. The number of aliphatic hydroxyl groups is 1. The van der Waals surface area contributed by atoms with E-state index in [1.807, 2.05) is 17.5 Å². The number of carbonyl (C=O) groups excluding carboxylic acids is 1. The third kappa shape index (κ3) is 4.52. The second-order valence-corrected chi connectivity index (χ2v) is 5.49. The molecule has 1 aromatic heterocycles. The lowest BCUT2D eigenvalue weighted by Gasteiger charge is -2.11. The number of amides is 1. The summed E-state index contributed by atoms with van der Waals surface area (Å²) in [5.74, 6) is 0.291. The summed E-state index contributed by atoms with van der Waals surface area (Å²) >= 11 is 7.20. The van der Waals surface area contributed by atoms with Gasteiger partial charge in [0.2, 0.25) is 0 Å². The van der Waals surface area contributed by atoms with Crippen LogP contribution in [0.15, 0.2) is 41.8 Å². The van der Waals surface area contributed by atoms with Crippen molar-refractivity contribution >= 4 is 28.8 Å². The van der Waals surface area contributed by atoms with Gasteiger partial charge in [0, 0.05) is 16.4 Å². The van der Waals surface area contributed by atoms with Crippen molar-refractivity contribution in [2.75, 3.05) is 13.2 Å². The molecule has 0 unspecified atom stereocenters. The Labute approximate surface area is 126 Å². The number of halogens is 1. The van der Waals surface area contributed by atoms with Crippen LogP contribution >= 0.6 is 22.9 Å². The molecule has 2 aromatic rings. The van der Waals surface area contributed by atoms with Crippen molar-refractivity contribution in [1.82, 2.24) is 5.32 Å². The number of carbonyl (C=O) groups is 1. The van der Waals surface area contributed by atoms with Crippen molar-refractivity contribution in [1.29, 1.82) is 0 Å². The van der Waals surface area contributed by atoms with E-state index < -0.39 is 6.10 Å². The molecule has 0 radical (unpaired) electrons. The van der Waals surface area contributed by atoms with Gasteiger partial charge in [0.25, 0.3) is 5.91 Å². The van der Waals surface area contributed by atoms with Gasteiger partial charge in [-0.05, 0) is 35.7 Å². The Balaban J connectivity index is 1.71. The van der Waals surface area contributed by atoms with Crippen molar-refractivity contribution in [3.63, 3.8) is 0 Å². The molecule has 20 heavy (non-hydrogen) atoms. The van der Waals surface area contributed by atoms with Crippen LogP contribution in [0.4, 0.5) is 0 Å². The van der Waals surface area contributed by atoms with Crippen LogP contribution in [0.1, 0.15) is 11.0 Å². The fourth-order valence-electron chi connectivity index (χ4n) is 1.52. The first-order valence-electron chi connectivity index (χ1n) is 6.01. The van der Waals surface area contributed by atoms with Crippen LogP contribution in [-0.2, 0) is 4.79 Å². The monoisotopic (exact) mass is 311 g/mol. The molecule has 0 saturated carbocycles. The Morgan fingerprint density at radius 2 is 2.10 bits per heavy atom. The van der Waals surface area contributed by atoms with E-state index in [0.717, 1.165) is 4.88 Å². The molecule has 1 aromatic carbocycles. The van der Waals surface area contributed by atoms with Crippen LogP contribution < -0.4 is 10.1 Å².